The summed E-state index contributed by atoms with van der Waals surface area (Å²) in [7, 11) is 0. The van der Waals surface area contributed by atoms with Crippen LogP contribution in [0.3, 0.4) is 0 Å². The molecule has 5 nitrogen and oxygen atoms in total. The molecule has 21 heavy (non-hydrogen) atoms. The van der Waals surface area contributed by atoms with Crippen LogP contribution in [0.15, 0.2) is 24.3 Å². The summed E-state index contributed by atoms with van der Waals surface area (Å²) in [5.74, 6) is -0.417. The summed E-state index contributed by atoms with van der Waals surface area (Å²) in [4.78, 5) is 25.9. The number of halogens is 1. The van der Waals surface area contributed by atoms with Gasteiger partial charge in [0.15, 0.2) is 0 Å². The molecule has 0 aromatic heterocycles. The van der Waals surface area contributed by atoms with Crippen molar-refractivity contribution in [3.8, 4) is 0 Å². The van der Waals surface area contributed by atoms with E-state index >= 15 is 0 Å². The molecule has 2 N–H and O–H groups in total. The molecule has 1 heterocycles. The van der Waals surface area contributed by atoms with Gasteiger partial charge in [0.25, 0.3) is 0 Å². The van der Waals surface area contributed by atoms with Crippen molar-refractivity contribution in [3.05, 3.63) is 30.1 Å². The van der Waals surface area contributed by atoms with Crippen LogP contribution in [0.25, 0.3) is 0 Å². The third kappa shape index (κ3) is 3.32. The Morgan fingerprint density at radius 3 is 2.52 bits per heavy atom. The van der Waals surface area contributed by atoms with Crippen LogP contribution in [0, 0.1) is 5.82 Å². The Kier molecular flexibility index (Phi) is 3.77. The summed E-state index contributed by atoms with van der Waals surface area (Å²) in [6.45, 7) is 0.565. The largest absolute Gasteiger partial charge is 0.352 e. The third-order valence-electron chi connectivity index (χ3n) is 3.84. The first-order valence-corrected chi connectivity index (χ1v) is 7.27. The van der Waals surface area contributed by atoms with Gasteiger partial charge < -0.3 is 15.5 Å². The lowest BCUT2D eigenvalue weighted by atomic mass is 10.2. The minimum absolute atomic E-state index is 0.0655. The summed E-state index contributed by atoms with van der Waals surface area (Å²) in [6.07, 6.45) is 3.56. The smallest absolute Gasteiger partial charge is 0.322 e. The van der Waals surface area contributed by atoms with Crippen molar-refractivity contribution < 1.29 is 14.0 Å². The summed E-state index contributed by atoms with van der Waals surface area (Å²) in [6, 6.07) is 5.17. The number of anilines is 1. The van der Waals surface area contributed by atoms with Crippen LogP contribution >= 0.6 is 0 Å². The number of likely N-dealkylation sites (tertiary alicyclic amines) is 1. The van der Waals surface area contributed by atoms with Crippen LogP contribution in [-0.2, 0) is 4.79 Å². The van der Waals surface area contributed by atoms with Gasteiger partial charge in [-0.05, 0) is 49.9 Å². The lowest BCUT2D eigenvalue weighted by molar-refractivity contribution is -0.124. The van der Waals surface area contributed by atoms with Crippen molar-refractivity contribution >= 4 is 17.6 Å². The molecule has 1 aromatic carbocycles. The van der Waals surface area contributed by atoms with E-state index in [1.807, 2.05) is 0 Å². The lowest BCUT2D eigenvalue weighted by Crippen LogP contribution is -2.47. The van der Waals surface area contributed by atoms with E-state index in [1.54, 1.807) is 4.90 Å². The highest BCUT2D eigenvalue weighted by Crippen LogP contribution is 2.23. The van der Waals surface area contributed by atoms with E-state index in [9.17, 15) is 14.0 Å². The molecule has 1 aliphatic carbocycles. The number of hydrogen-bond donors (Lipinski definition) is 2. The minimum Gasteiger partial charge on any atom is -0.352 e. The zero-order valence-electron chi connectivity index (χ0n) is 11.6. The summed E-state index contributed by atoms with van der Waals surface area (Å²) in [5.41, 5.74) is 0.523. The maximum absolute atomic E-state index is 12.8. The molecule has 0 spiro atoms. The van der Waals surface area contributed by atoms with Gasteiger partial charge in [-0.3, -0.25) is 4.79 Å². The number of nitrogens with zero attached hydrogens (tertiary/aromatic N) is 1. The van der Waals surface area contributed by atoms with E-state index in [-0.39, 0.29) is 17.8 Å². The molecule has 1 aromatic rings. The lowest BCUT2D eigenvalue weighted by Gasteiger charge is -2.24. The zero-order chi connectivity index (χ0) is 14.8. The Morgan fingerprint density at radius 1 is 1.14 bits per heavy atom. The highest BCUT2D eigenvalue weighted by atomic mass is 19.1. The first-order chi connectivity index (χ1) is 10.1. The third-order valence-corrected chi connectivity index (χ3v) is 3.84. The molecular formula is C15H18FN3O2. The number of nitrogens with one attached hydrogen (secondary N) is 2. The Morgan fingerprint density at radius 2 is 1.86 bits per heavy atom. The first-order valence-electron chi connectivity index (χ1n) is 7.27. The predicted octanol–water partition coefficient (Wildman–Crippen LogP) is 2.10. The fraction of sp³-hybridized carbons (Fsp3) is 0.467. The highest BCUT2D eigenvalue weighted by Gasteiger charge is 2.36. The number of carbonyl (C=O) groups excluding carboxylic acids is 2. The molecule has 3 amide bonds. The van der Waals surface area contributed by atoms with Gasteiger partial charge in [-0.15, -0.1) is 0 Å². The molecule has 1 saturated carbocycles. The van der Waals surface area contributed by atoms with E-state index in [0.717, 1.165) is 19.3 Å². The molecule has 0 unspecified atom stereocenters. The van der Waals surface area contributed by atoms with Crippen molar-refractivity contribution in [1.82, 2.24) is 10.2 Å². The molecule has 6 heteroatoms. The van der Waals surface area contributed by atoms with Crippen LogP contribution in [-0.4, -0.2) is 35.5 Å². The van der Waals surface area contributed by atoms with Gasteiger partial charge in [-0.1, -0.05) is 0 Å². The molecule has 0 radical (unpaired) electrons. The standard InChI is InChI=1S/C15H18FN3O2/c16-10-3-5-12(6-4-10)18-15(21)19-9-1-2-13(19)14(20)17-11-7-8-11/h3-6,11,13H,1-2,7-9H2,(H,17,20)(H,18,21)/t13-/m0/s1. The Balaban J connectivity index is 1.62. The normalized spacial score (nSPS) is 21.2. The Labute approximate surface area is 122 Å². The molecule has 112 valence electrons. The summed E-state index contributed by atoms with van der Waals surface area (Å²) in [5, 5.41) is 5.65. The quantitative estimate of drug-likeness (QED) is 0.896. The van der Waals surface area contributed by atoms with Crippen LogP contribution < -0.4 is 10.6 Å². The fourth-order valence-corrected chi connectivity index (χ4v) is 2.54. The summed E-state index contributed by atoms with van der Waals surface area (Å²) < 4.78 is 12.8. The van der Waals surface area contributed by atoms with Gasteiger partial charge in [0.05, 0.1) is 0 Å². The maximum Gasteiger partial charge on any atom is 0.322 e. The van der Waals surface area contributed by atoms with E-state index in [2.05, 4.69) is 10.6 Å². The van der Waals surface area contributed by atoms with Gasteiger partial charge in [0.2, 0.25) is 5.91 Å². The average molecular weight is 291 g/mol. The molecule has 1 atom stereocenters. The van der Waals surface area contributed by atoms with E-state index in [1.165, 1.54) is 24.3 Å². The van der Waals surface area contributed by atoms with Gasteiger partial charge >= 0.3 is 6.03 Å². The monoisotopic (exact) mass is 291 g/mol. The molecular weight excluding hydrogens is 273 g/mol. The second kappa shape index (κ2) is 5.71. The second-order valence-corrected chi connectivity index (χ2v) is 5.57. The number of urea groups is 1. The molecule has 2 fully saturated rings. The van der Waals surface area contributed by atoms with Gasteiger partial charge in [-0.2, -0.15) is 0 Å². The van der Waals surface area contributed by atoms with Crippen molar-refractivity contribution in [2.75, 3.05) is 11.9 Å². The fourth-order valence-electron chi connectivity index (χ4n) is 2.54. The number of rotatable bonds is 3. The Bertz CT molecular complexity index is 542. The number of amides is 3. The number of benzene rings is 1. The van der Waals surface area contributed by atoms with Crippen molar-refractivity contribution in [2.24, 2.45) is 0 Å². The SMILES string of the molecule is O=C(NC1CC1)[C@@H]1CCCN1C(=O)Nc1ccc(F)cc1. The second-order valence-electron chi connectivity index (χ2n) is 5.57. The van der Waals surface area contributed by atoms with Crippen LogP contribution in [0.4, 0.5) is 14.9 Å². The van der Waals surface area contributed by atoms with Crippen molar-refractivity contribution in [3.63, 3.8) is 0 Å². The van der Waals surface area contributed by atoms with Crippen molar-refractivity contribution in [2.45, 2.75) is 37.8 Å². The minimum atomic E-state index is -0.397. The van der Waals surface area contributed by atoms with E-state index < -0.39 is 6.04 Å². The molecule has 0 bridgehead atoms. The predicted molar refractivity (Wildman–Crippen MR) is 76.3 cm³/mol. The molecule has 1 aliphatic heterocycles. The van der Waals surface area contributed by atoms with Gasteiger partial charge in [-0.25, -0.2) is 9.18 Å². The van der Waals surface area contributed by atoms with Gasteiger partial charge in [0, 0.05) is 18.3 Å². The van der Waals surface area contributed by atoms with Crippen LogP contribution in [0.5, 0.6) is 0 Å². The average Bonchev–Trinajstić information content (AvgIpc) is 3.13. The maximum atomic E-state index is 12.8. The van der Waals surface area contributed by atoms with Crippen LogP contribution in [0.1, 0.15) is 25.7 Å². The van der Waals surface area contributed by atoms with Crippen LogP contribution in [0.2, 0.25) is 0 Å². The topological polar surface area (TPSA) is 61.4 Å². The first kappa shape index (κ1) is 13.9. The number of hydrogen-bond acceptors (Lipinski definition) is 2. The van der Waals surface area contributed by atoms with E-state index in [4.69, 9.17) is 0 Å². The molecule has 3 rings (SSSR count). The zero-order valence-corrected chi connectivity index (χ0v) is 11.6. The van der Waals surface area contributed by atoms with E-state index in [0.29, 0.717) is 24.7 Å². The van der Waals surface area contributed by atoms with Gasteiger partial charge in [0.1, 0.15) is 11.9 Å². The number of carbonyl (C=O) groups is 2. The van der Waals surface area contributed by atoms with Crippen molar-refractivity contribution in [1.29, 1.82) is 0 Å². The highest BCUT2D eigenvalue weighted by molar-refractivity contribution is 5.94. The molecule has 1 saturated heterocycles. The summed E-state index contributed by atoms with van der Waals surface area (Å²) >= 11 is 0. The molecule has 2 aliphatic rings. The Hall–Kier alpha value is -2.11.